The van der Waals surface area contributed by atoms with Crippen LogP contribution in [0.15, 0.2) is 23.1 Å². The summed E-state index contributed by atoms with van der Waals surface area (Å²) in [6, 6.07) is 4.25. The molecule has 1 saturated heterocycles. The molecule has 0 bridgehead atoms. The van der Waals surface area contributed by atoms with Crippen LogP contribution < -0.4 is 5.32 Å². The molecular weight excluding hydrogens is 291 g/mol. The smallest absolute Gasteiger partial charge is 0.243 e. The predicted molar refractivity (Wildman–Crippen MR) is 81.0 cm³/mol. The average molecular weight is 314 g/mol. The quantitative estimate of drug-likeness (QED) is 0.908. The van der Waals surface area contributed by atoms with Gasteiger partial charge in [0.15, 0.2) is 0 Å². The van der Waals surface area contributed by atoms with Crippen LogP contribution in [-0.4, -0.2) is 31.9 Å². The van der Waals surface area contributed by atoms with Crippen molar-refractivity contribution in [3.05, 3.63) is 29.6 Å². The summed E-state index contributed by atoms with van der Waals surface area (Å²) in [4.78, 5) is 0.0950. The molecule has 0 aromatic heterocycles. The Morgan fingerprint density at radius 2 is 1.90 bits per heavy atom. The number of hydrogen-bond acceptors (Lipinski definition) is 3. The first kappa shape index (κ1) is 16.4. The van der Waals surface area contributed by atoms with Gasteiger partial charge in [0.25, 0.3) is 0 Å². The van der Waals surface area contributed by atoms with Crippen molar-refractivity contribution < 1.29 is 12.8 Å². The molecule has 2 rings (SSSR count). The van der Waals surface area contributed by atoms with Gasteiger partial charge in [0.2, 0.25) is 10.0 Å². The number of halogens is 1. The molecule has 0 spiro atoms. The van der Waals surface area contributed by atoms with E-state index in [1.807, 2.05) is 13.8 Å². The van der Waals surface area contributed by atoms with Crippen LogP contribution in [0, 0.1) is 5.82 Å². The van der Waals surface area contributed by atoms with Gasteiger partial charge in [-0.15, -0.1) is 0 Å². The highest BCUT2D eigenvalue weighted by Gasteiger charge is 2.28. The van der Waals surface area contributed by atoms with Crippen molar-refractivity contribution in [1.29, 1.82) is 0 Å². The van der Waals surface area contributed by atoms with Gasteiger partial charge in [-0.25, -0.2) is 12.8 Å². The molecule has 4 nitrogen and oxygen atoms in total. The number of rotatable bonds is 5. The van der Waals surface area contributed by atoms with Gasteiger partial charge >= 0.3 is 0 Å². The van der Waals surface area contributed by atoms with Crippen LogP contribution in [0.4, 0.5) is 4.39 Å². The van der Waals surface area contributed by atoms with Crippen LogP contribution in [0.2, 0.25) is 0 Å². The van der Waals surface area contributed by atoms with Crippen molar-refractivity contribution in [2.24, 2.45) is 0 Å². The number of sulfonamides is 1. The zero-order valence-electron chi connectivity index (χ0n) is 12.6. The van der Waals surface area contributed by atoms with E-state index in [2.05, 4.69) is 5.32 Å². The number of nitrogens with one attached hydrogen (secondary N) is 1. The molecule has 1 aliphatic rings. The normalized spacial score (nSPS) is 17.3. The first-order chi connectivity index (χ1) is 9.91. The molecule has 1 aromatic carbocycles. The van der Waals surface area contributed by atoms with Crippen molar-refractivity contribution in [1.82, 2.24) is 9.62 Å². The molecule has 1 aliphatic heterocycles. The molecule has 0 aliphatic carbocycles. The highest BCUT2D eigenvalue weighted by Crippen LogP contribution is 2.24. The summed E-state index contributed by atoms with van der Waals surface area (Å²) in [7, 11) is -3.61. The summed E-state index contributed by atoms with van der Waals surface area (Å²) in [5.41, 5.74) is 0.621. The molecule has 1 heterocycles. The largest absolute Gasteiger partial charge is 0.310 e. The van der Waals surface area contributed by atoms with Crippen molar-refractivity contribution in [2.45, 2.75) is 50.6 Å². The third-order valence-electron chi connectivity index (χ3n) is 3.66. The van der Waals surface area contributed by atoms with E-state index in [9.17, 15) is 12.8 Å². The molecule has 0 atom stereocenters. The van der Waals surface area contributed by atoms with Gasteiger partial charge in [-0.3, -0.25) is 0 Å². The number of benzene rings is 1. The third-order valence-corrected chi connectivity index (χ3v) is 5.64. The lowest BCUT2D eigenvalue weighted by Gasteiger charge is -2.27. The topological polar surface area (TPSA) is 49.4 Å². The Balaban J connectivity index is 2.33. The molecule has 21 heavy (non-hydrogen) atoms. The molecular formula is C15H23FN2O2S. The molecule has 0 unspecified atom stereocenters. The summed E-state index contributed by atoms with van der Waals surface area (Å²) in [5.74, 6) is -0.515. The fourth-order valence-corrected chi connectivity index (χ4v) is 4.22. The second-order valence-electron chi connectivity index (χ2n) is 5.75. The fourth-order valence-electron chi connectivity index (χ4n) is 2.47. The summed E-state index contributed by atoms with van der Waals surface area (Å²) < 4.78 is 40.5. The Hall–Kier alpha value is -0.980. The van der Waals surface area contributed by atoms with Crippen molar-refractivity contribution >= 4 is 10.0 Å². The van der Waals surface area contributed by atoms with Gasteiger partial charge in [0, 0.05) is 25.7 Å². The van der Waals surface area contributed by atoms with E-state index >= 15 is 0 Å². The maximum Gasteiger partial charge on any atom is 0.243 e. The number of hydrogen-bond donors (Lipinski definition) is 1. The van der Waals surface area contributed by atoms with E-state index in [0.717, 1.165) is 25.3 Å². The monoisotopic (exact) mass is 314 g/mol. The maximum absolute atomic E-state index is 13.5. The standard InChI is InChI=1S/C15H23FN2O2S/c1-12(2)17-11-13-6-7-14(16)10-15(13)21(19,20)18-8-4-3-5-9-18/h6-7,10,12,17H,3-5,8-9,11H2,1-2H3. The van der Waals surface area contributed by atoms with Crippen LogP contribution in [0.1, 0.15) is 38.7 Å². The molecule has 1 N–H and O–H groups in total. The van der Waals surface area contributed by atoms with Crippen LogP contribution in [-0.2, 0) is 16.6 Å². The van der Waals surface area contributed by atoms with Gasteiger partial charge in [0.1, 0.15) is 5.82 Å². The Bertz CT molecular complexity index is 581. The minimum absolute atomic E-state index is 0.0950. The fraction of sp³-hybridized carbons (Fsp3) is 0.600. The van der Waals surface area contributed by atoms with Gasteiger partial charge < -0.3 is 5.32 Å². The van der Waals surface area contributed by atoms with Crippen LogP contribution in [0.25, 0.3) is 0 Å². The predicted octanol–water partition coefficient (Wildman–Crippen LogP) is 2.50. The van der Waals surface area contributed by atoms with E-state index in [0.29, 0.717) is 25.2 Å². The summed E-state index contributed by atoms with van der Waals surface area (Å²) in [6.45, 7) is 5.44. The van der Waals surface area contributed by atoms with Crippen LogP contribution in [0.5, 0.6) is 0 Å². The van der Waals surface area contributed by atoms with Gasteiger partial charge in [-0.1, -0.05) is 26.3 Å². The van der Waals surface area contributed by atoms with Crippen molar-refractivity contribution in [2.75, 3.05) is 13.1 Å². The van der Waals surface area contributed by atoms with E-state index in [4.69, 9.17) is 0 Å². The second-order valence-corrected chi connectivity index (χ2v) is 7.66. The molecule has 1 aromatic rings. The van der Waals surface area contributed by atoms with Crippen LogP contribution in [0.3, 0.4) is 0 Å². The Labute approximate surface area is 126 Å². The second kappa shape index (κ2) is 6.85. The number of nitrogens with zero attached hydrogens (tertiary/aromatic N) is 1. The molecule has 1 fully saturated rings. The van der Waals surface area contributed by atoms with Crippen LogP contribution >= 0.6 is 0 Å². The summed E-state index contributed by atoms with van der Waals surface area (Å²) in [6.07, 6.45) is 2.79. The van der Waals surface area contributed by atoms with Gasteiger partial charge in [0.05, 0.1) is 4.90 Å². The van der Waals surface area contributed by atoms with E-state index < -0.39 is 15.8 Å². The van der Waals surface area contributed by atoms with Gasteiger partial charge in [-0.2, -0.15) is 4.31 Å². The summed E-state index contributed by atoms with van der Waals surface area (Å²) in [5, 5.41) is 3.19. The Morgan fingerprint density at radius 3 is 2.52 bits per heavy atom. The minimum atomic E-state index is -3.61. The van der Waals surface area contributed by atoms with Crippen molar-refractivity contribution in [3.63, 3.8) is 0 Å². The Morgan fingerprint density at radius 1 is 1.24 bits per heavy atom. The van der Waals surface area contributed by atoms with Gasteiger partial charge in [-0.05, 0) is 30.5 Å². The third kappa shape index (κ3) is 4.02. The first-order valence-corrected chi connectivity index (χ1v) is 8.87. The molecule has 118 valence electrons. The number of piperidine rings is 1. The van der Waals surface area contributed by atoms with E-state index in [1.165, 1.54) is 10.4 Å². The molecule has 0 saturated carbocycles. The maximum atomic E-state index is 13.5. The zero-order valence-corrected chi connectivity index (χ0v) is 13.4. The lowest BCUT2D eigenvalue weighted by atomic mass is 10.2. The molecule has 0 amide bonds. The minimum Gasteiger partial charge on any atom is -0.310 e. The van der Waals surface area contributed by atoms with Crippen molar-refractivity contribution in [3.8, 4) is 0 Å². The highest BCUT2D eigenvalue weighted by molar-refractivity contribution is 7.89. The SMILES string of the molecule is CC(C)NCc1ccc(F)cc1S(=O)(=O)N1CCCCC1. The van der Waals surface area contributed by atoms with E-state index in [1.54, 1.807) is 6.07 Å². The average Bonchev–Trinajstić information content (AvgIpc) is 2.46. The lowest BCUT2D eigenvalue weighted by molar-refractivity contribution is 0.346. The summed E-state index contributed by atoms with van der Waals surface area (Å²) >= 11 is 0. The molecule has 0 radical (unpaired) electrons. The first-order valence-electron chi connectivity index (χ1n) is 7.43. The molecule has 6 heteroatoms. The highest BCUT2D eigenvalue weighted by atomic mass is 32.2. The lowest BCUT2D eigenvalue weighted by Crippen LogP contribution is -2.36. The van der Waals surface area contributed by atoms with E-state index in [-0.39, 0.29) is 10.9 Å². The Kier molecular flexibility index (Phi) is 5.35. The zero-order chi connectivity index (χ0) is 15.5.